The van der Waals surface area contributed by atoms with Crippen LogP contribution in [0, 0.1) is 0 Å². The Morgan fingerprint density at radius 2 is 1.81 bits per heavy atom. The van der Waals surface area contributed by atoms with Crippen LogP contribution in [-0.2, 0) is 6.42 Å². The van der Waals surface area contributed by atoms with Gasteiger partial charge in [-0.15, -0.1) is 0 Å². The zero-order valence-corrected chi connectivity index (χ0v) is 13.8. The van der Waals surface area contributed by atoms with Crippen LogP contribution in [0.2, 0.25) is 10.0 Å². The number of hydrogen-bond donors (Lipinski definition) is 1. The quantitative estimate of drug-likeness (QED) is 0.693. The largest absolute Gasteiger partial charge is 0.310 e. The summed E-state index contributed by atoms with van der Waals surface area (Å²) in [4.78, 5) is 0. The molecule has 0 aromatic heterocycles. The van der Waals surface area contributed by atoms with Gasteiger partial charge in [-0.1, -0.05) is 66.5 Å². The van der Waals surface area contributed by atoms with Gasteiger partial charge in [-0.25, -0.2) is 0 Å². The normalized spacial score (nSPS) is 12.3. The molecule has 1 N–H and O–H groups in total. The second kappa shape index (κ2) is 8.43. The Morgan fingerprint density at radius 3 is 2.48 bits per heavy atom. The molecule has 0 spiro atoms. The second-order valence-corrected chi connectivity index (χ2v) is 6.04. The van der Waals surface area contributed by atoms with E-state index in [1.807, 2.05) is 24.3 Å². The minimum Gasteiger partial charge on any atom is -0.310 e. The van der Waals surface area contributed by atoms with Crippen molar-refractivity contribution in [2.75, 3.05) is 6.54 Å². The molecule has 112 valence electrons. The number of rotatable bonds is 7. The Kier molecular flexibility index (Phi) is 6.56. The van der Waals surface area contributed by atoms with Crippen molar-refractivity contribution >= 4 is 23.2 Å². The van der Waals surface area contributed by atoms with Gasteiger partial charge in [-0.05, 0) is 49.1 Å². The molecule has 1 unspecified atom stereocenters. The first-order valence-electron chi connectivity index (χ1n) is 7.43. The second-order valence-electron chi connectivity index (χ2n) is 5.20. The van der Waals surface area contributed by atoms with E-state index in [-0.39, 0.29) is 6.04 Å². The number of benzene rings is 2. The van der Waals surface area contributed by atoms with E-state index >= 15 is 0 Å². The third-order valence-corrected chi connectivity index (χ3v) is 4.11. The average Bonchev–Trinajstić information content (AvgIpc) is 2.49. The van der Waals surface area contributed by atoms with Crippen molar-refractivity contribution in [1.82, 2.24) is 5.32 Å². The monoisotopic (exact) mass is 321 g/mol. The van der Waals surface area contributed by atoms with Gasteiger partial charge in [0, 0.05) is 16.1 Å². The van der Waals surface area contributed by atoms with Crippen molar-refractivity contribution in [3.63, 3.8) is 0 Å². The first kappa shape index (κ1) is 16.4. The van der Waals surface area contributed by atoms with Crippen LogP contribution in [0.3, 0.4) is 0 Å². The fourth-order valence-electron chi connectivity index (χ4n) is 2.43. The number of hydrogen-bond acceptors (Lipinski definition) is 1. The van der Waals surface area contributed by atoms with Crippen molar-refractivity contribution < 1.29 is 0 Å². The van der Waals surface area contributed by atoms with Crippen molar-refractivity contribution in [1.29, 1.82) is 0 Å². The van der Waals surface area contributed by atoms with Gasteiger partial charge < -0.3 is 5.32 Å². The Hall–Kier alpha value is -1.02. The Morgan fingerprint density at radius 1 is 1.05 bits per heavy atom. The molecule has 2 rings (SSSR count). The standard InChI is InChI=1S/C18H21Cl2N/c1-2-12-21-18(11-8-14-6-4-3-5-7-14)16-10-9-15(19)13-17(16)20/h3-7,9-10,13,18,21H,2,8,11-12H2,1H3. The molecule has 0 fully saturated rings. The lowest BCUT2D eigenvalue weighted by molar-refractivity contribution is 0.499. The summed E-state index contributed by atoms with van der Waals surface area (Å²) in [5.74, 6) is 0. The van der Waals surface area contributed by atoms with Crippen LogP contribution in [0.15, 0.2) is 48.5 Å². The first-order valence-corrected chi connectivity index (χ1v) is 8.18. The molecule has 0 aliphatic heterocycles. The minimum absolute atomic E-state index is 0.259. The topological polar surface area (TPSA) is 12.0 Å². The maximum absolute atomic E-state index is 6.36. The van der Waals surface area contributed by atoms with Gasteiger partial charge in [0.15, 0.2) is 0 Å². The fraction of sp³-hybridized carbons (Fsp3) is 0.333. The lowest BCUT2D eigenvalue weighted by Crippen LogP contribution is -2.23. The molecule has 1 atom stereocenters. The summed E-state index contributed by atoms with van der Waals surface area (Å²) in [6, 6.07) is 16.6. The van der Waals surface area contributed by atoms with Crippen molar-refractivity contribution in [2.24, 2.45) is 0 Å². The van der Waals surface area contributed by atoms with Gasteiger partial charge in [-0.3, -0.25) is 0 Å². The predicted octanol–water partition coefficient (Wildman–Crippen LogP) is 5.67. The molecule has 2 aromatic carbocycles. The fourth-order valence-corrected chi connectivity index (χ4v) is 2.97. The molecule has 2 aromatic rings. The number of nitrogens with one attached hydrogen (secondary N) is 1. The van der Waals surface area contributed by atoms with E-state index < -0.39 is 0 Å². The Bertz CT molecular complexity index is 554. The molecule has 0 heterocycles. The van der Waals surface area contributed by atoms with Gasteiger partial charge in [-0.2, -0.15) is 0 Å². The van der Waals surface area contributed by atoms with Crippen molar-refractivity contribution in [3.8, 4) is 0 Å². The molecular formula is C18H21Cl2N. The average molecular weight is 322 g/mol. The van der Waals surface area contributed by atoms with E-state index in [4.69, 9.17) is 23.2 Å². The van der Waals surface area contributed by atoms with Crippen LogP contribution in [0.1, 0.15) is 36.9 Å². The summed E-state index contributed by atoms with van der Waals surface area (Å²) in [6.07, 6.45) is 3.15. The van der Waals surface area contributed by atoms with Crippen LogP contribution in [0.5, 0.6) is 0 Å². The molecular weight excluding hydrogens is 301 g/mol. The Labute approximate surface area is 137 Å². The summed E-state index contributed by atoms with van der Waals surface area (Å²) in [5.41, 5.74) is 2.48. The van der Waals surface area contributed by atoms with Gasteiger partial charge in [0.25, 0.3) is 0 Å². The SMILES string of the molecule is CCCNC(CCc1ccccc1)c1ccc(Cl)cc1Cl. The molecule has 1 nitrogen and oxygen atoms in total. The van der Waals surface area contributed by atoms with Crippen LogP contribution in [-0.4, -0.2) is 6.54 Å². The molecule has 0 saturated carbocycles. The molecule has 0 bridgehead atoms. The molecule has 0 radical (unpaired) electrons. The molecule has 0 aliphatic rings. The lowest BCUT2D eigenvalue weighted by Gasteiger charge is -2.20. The summed E-state index contributed by atoms with van der Waals surface area (Å²) in [5, 5.41) is 5.01. The van der Waals surface area contributed by atoms with Crippen LogP contribution in [0.25, 0.3) is 0 Å². The third kappa shape index (κ3) is 5.03. The molecule has 0 aliphatic carbocycles. The number of aryl methyl sites for hydroxylation is 1. The zero-order chi connectivity index (χ0) is 15.1. The van der Waals surface area contributed by atoms with E-state index in [2.05, 4.69) is 36.5 Å². The highest BCUT2D eigenvalue weighted by atomic mass is 35.5. The molecule has 0 saturated heterocycles. The van der Waals surface area contributed by atoms with Gasteiger partial charge in [0.2, 0.25) is 0 Å². The van der Waals surface area contributed by atoms with Crippen LogP contribution < -0.4 is 5.32 Å². The summed E-state index contributed by atoms with van der Waals surface area (Å²) in [6.45, 7) is 3.16. The number of halogens is 2. The van der Waals surface area contributed by atoms with Gasteiger partial charge >= 0.3 is 0 Å². The van der Waals surface area contributed by atoms with Crippen molar-refractivity contribution in [2.45, 2.75) is 32.2 Å². The van der Waals surface area contributed by atoms with Crippen molar-refractivity contribution in [3.05, 3.63) is 69.7 Å². The third-order valence-electron chi connectivity index (χ3n) is 3.54. The smallest absolute Gasteiger partial charge is 0.0468 e. The summed E-state index contributed by atoms with van der Waals surface area (Å²) >= 11 is 12.4. The predicted molar refractivity (Wildman–Crippen MR) is 92.3 cm³/mol. The minimum atomic E-state index is 0.259. The van der Waals surface area contributed by atoms with Crippen LogP contribution >= 0.6 is 23.2 Å². The first-order chi connectivity index (χ1) is 10.2. The van der Waals surface area contributed by atoms with Crippen LogP contribution in [0.4, 0.5) is 0 Å². The van der Waals surface area contributed by atoms with Gasteiger partial charge in [0.05, 0.1) is 0 Å². The highest BCUT2D eigenvalue weighted by Crippen LogP contribution is 2.29. The van der Waals surface area contributed by atoms with E-state index in [9.17, 15) is 0 Å². The summed E-state index contributed by atoms with van der Waals surface area (Å²) < 4.78 is 0. The molecule has 0 amide bonds. The maximum Gasteiger partial charge on any atom is 0.0468 e. The zero-order valence-electron chi connectivity index (χ0n) is 12.3. The Balaban J connectivity index is 2.10. The highest BCUT2D eigenvalue weighted by molar-refractivity contribution is 6.35. The maximum atomic E-state index is 6.36. The van der Waals surface area contributed by atoms with Gasteiger partial charge in [0.1, 0.15) is 0 Å². The van der Waals surface area contributed by atoms with E-state index in [0.717, 1.165) is 36.4 Å². The highest BCUT2D eigenvalue weighted by Gasteiger charge is 2.14. The molecule has 21 heavy (non-hydrogen) atoms. The van der Waals surface area contributed by atoms with E-state index in [1.165, 1.54) is 5.56 Å². The summed E-state index contributed by atoms with van der Waals surface area (Å²) in [7, 11) is 0. The van der Waals surface area contributed by atoms with E-state index in [0.29, 0.717) is 5.02 Å². The molecule has 3 heteroatoms. The lowest BCUT2D eigenvalue weighted by atomic mass is 9.98. The van der Waals surface area contributed by atoms with E-state index in [1.54, 1.807) is 0 Å².